The number of carbonyl (C=O) groups excluding carboxylic acids is 2. The minimum Gasteiger partial charge on any atom is -0.507 e. The minimum absolute atomic E-state index is 0.275. The van der Waals surface area contributed by atoms with Gasteiger partial charge in [0, 0.05) is 49.9 Å². The van der Waals surface area contributed by atoms with Crippen molar-refractivity contribution in [2.24, 2.45) is 0 Å². The van der Waals surface area contributed by atoms with Gasteiger partial charge in [-0.25, -0.2) is 0 Å². The van der Waals surface area contributed by atoms with Gasteiger partial charge >= 0.3 is 0 Å². The SMILES string of the molecule is CC(C)(C)c1cc(/C=C/C(=O)NC(CO)C(=O)N2CCN(Cc3ccccc3)CC2)cc(C(C)(C)C)c1O. The molecule has 7 nitrogen and oxygen atoms in total. The maximum absolute atomic E-state index is 13.0. The predicted octanol–water partition coefficient (Wildman–Crippen LogP) is 3.82. The van der Waals surface area contributed by atoms with Crippen LogP contribution in [-0.2, 0) is 27.0 Å². The summed E-state index contributed by atoms with van der Waals surface area (Å²) in [7, 11) is 0. The molecule has 1 fully saturated rings. The molecule has 1 heterocycles. The van der Waals surface area contributed by atoms with E-state index in [-0.39, 0.29) is 22.5 Å². The second kappa shape index (κ2) is 12.1. The van der Waals surface area contributed by atoms with E-state index in [9.17, 15) is 19.8 Å². The van der Waals surface area contributed by atoms with E-state index in [0.717, 1.165) is 36.3 Å². The Morgan fingerprint density at radius 3 is 2.00 bits per heavy atom. The van der Waals surface area contributed by atoms with Gasteiger partial charge in [-0.05, 0) is 40.2 Å². The number of aromatic hydroxyl groups is 1. The molecule has 2 amide bonds. The quantitative estimate of drug-likeness (QED) is 0.482. The lowest BCUT2D eigenvalue weighted by molar-refractivity contribution is -0.138. The molecule has 0 bridgehead atoms. The lowest BCUT2D eigenvalue weighted by Crippen LogP contribution is -2.55. The van der Waals surface area contributed by atoms with Crippen molar-refractivity contribution in [3.8, 4) is 5.75 Å². The molecule has 38 heavy (non-hydrogen) atoms. The van der Waals surface area contributed by atoms with Crippen molar-refractivity contribution in [3.63, 3.8) is 0 Å². The Morgan fingerprint density at radius 2 is 1.50 bits per heavy atom. The van der Waals surface area contributed by atoms with Gasteiger partial charge in [-0.1, -0.05) is 71.9 Å². The number of hydrogen-bond donors (Lipinski definition) is 3. The Balaban J connectivity index is 1.63. The van der Waals surface area contributed by atoms with Gasteiger partial charge in [0.1, 0.15) is 11.8 Å². The van der Waals surface area contributed by atoms with Crippen LogP contribution < -0.4 is 5.32 Å². The summed E-state index contributed by atoms with van der Waals surface area (Å²) in [6.45, 7) is 15.1. The number of nitrogens with zero attached hydrogens (tertiary/aromatic N) is 2. The number of phenolic OH excluding ortho intramolecular Hbond substituents is 1. The molecule has 206 valence electrons. The molecule has 1 atom stereocenters. The zero-order chi connectivity index (χ0) is 28.1. The molecule has 2 aromatic rings. The van der Waals surface area contributed by atoms with Gasteiger partial charge in [0.25, 0.3) is 0 Å². The Labute approximate surface area is 227 Å². The summed E-state index contributed by atoms with van der Waals surface area (Å²) in [5.74, 6) is -0.451. The fourth-order valence-corrected chi connectivity index (χ4v) is 4.66. The van der Waals surface area contributed by atoms with Crippen LogP contribution in [0.4, 0.5) is 0 Å². The van der Waals surface area contributed by atoms with Crippen molar-refractivity contribution in [2.45, 2.75) is 65.0 Å². The van der Waals surface area contributed by atoms with Gasteiger partial charge in [-0.3, -0.25) is 14.5 Å². The number of nitrogens with one attached hydrogen (secondary N) is 1. The smallest absolute Gasteiger partial charge is 0.247 e. The molecule has 0 aliphatic carbocycles. The number of aliphatic hydroxyl groups excluding tert-OH is 1. The van der Waals surface area contributed by atoms with Crippen molar-refractivity contribution in [2.75, 3.05) is 32.8 Å². The average Bonchev–Trinajstić information content (AvgIpc) is 2.86. The fraction of sp³-hybridized carbons (Fsp3) is 0.484. The Morgan fingerprint density at radius 1 is 0.947 bits per heavy atom. The number of aliphatic hydroxyl groups is 1. The van der Waals surface area contributed by atoms with Gasteiger partial charge in [0.2, 0.25) is 11.8 Å². The summed E-state index contributed by atoms with van der Waals surface area (Å²) in [6, 6.07) is 13.0. The molecule has 0 saturated carbocycles. The van der Waals surface area contributed by atoms with Crippen LogP contribution in [0.15, 0.2) is 48.5 Å². The lowest BCUT2D eigenvalue weighted by atomic mass is 9.78. The third kappa shape index (κ3) is 7.68. The Hall–Kier alpha value is -3.16. The summed E-state index contributed by atoms with van der Waals surface area (Å²) < 4.78 is 0. The third-order valence-electron chi connectivity index (χ3n) is 6.91. The topological polar surface area (TPSA) is 93.1 Å². The summed E-state index contributed by atoms with van der Waals surface area (Å²) in [6.07, 6.45) is 3.06. The number of amides is 2. The number of piperazine rings is 1. The van der Waals surface area contributed by atoms with E-state index in [1.165, 1.54) is 11.6 Å². The van der Waals surface area contributed by atoms with Crippen molar-refractivity contribution in [3.05, 3.63) is 70.8 Å². The number of benzene rings is 2. The zero-order valence-corrected chi connectivity index (χ0v) is 23.6. The zero-order valence-electron chi connectivity index (χ0n) is 23.6. The molecule has 7 heteroatoms. The molecule has 1 unspecified atom stereocenters. The molecule has 0 aromatic heterocycles. The van der Waals surface area contributed by atoms with Crippen LogP contribution in [0.5, 0.6) is 5.75 Å². The van der Waals surface area contributed by atoms with Crippen LogP contribution in [0.2, 0.25) is 0 Å². The average molecular weight is 522 g/mol. The number of hydrogen-bond acceptors (Lipinski definition) is 5. The first-order chi connectivity index (χ1) is 17.8. The van der Waals surface area contributed by atoms with Gasteiger partial charge in [0.05, 0.1) is 6.61 Å². The van der Waals surface area contributed by atoms with E-state index in [2.05, 4.69) is 22.3 Å². The van der Waals surface area contributed by atoms with Crippen LogP contribution >= 0.6 is 0 Å². The third-order valence-corrected chi connectivity index (χ3v) is 6.91. The molecule has 0 radical (unpaired) electrons. The van der Waals surface area contributed by atoms with Gasteiger partial charge < -0.3 is 20.4 Å². The van der Waals surface area contributed by atoms with E-state index in [0.29, 0.717) is 13.1 Å². The number of carbonyl (C=O) groups is 2. The van der Waals surface area contributed by atoms with Crippen LogP contribution in [0.3, 0.4) is 0 Å². The maximum atomic E-state index is 13.0. The van der Waals surface area contributed by atoms with Crippen LogP contribution in [0.25, 0.3) is 6.08 Å². The normalized spacial score (nSPS) is 16.0. The van der Waals surface area contributed by atoms with Gasteiger partial charge in [-0.15, -0.1) is 0 Å². The summed E-state index contributed by atoms with van der Waals surface area (Å²) in [4.78, 5) is 29.8. The van der Waals surface area contributed by atoms with Gasteiger partial charge in [0.15, 0.2) is 0 Å². The molecular weight excluding hydrogens is 478 g/mol. The Kier molecular flexibility index (Phi) is 9.39. The monoisotopic (exact) mass is 521 g/mol. The highest BCUT2D eigenvalue weighted by Gasteiger charge is 2.28. The number of rotatable bonds is 7. The van der Waals surface area contributed by atoms with E-state index >= 15 is 0 Å². The highest BCUT2D eigenvalue weighted by molar-refractivity contribution is 5.95. The molecule has 0 spiro atoms. The van der Waals surface area contributed by atoms with E-state index in [1.54, 1.807) is 11.0 Å². The summed E-state index contributed by atoms with van der Waals surface area (Å²) >= 11 is 0. The highest BCUT2D eigenvalue weighted by Crippen LogP contribution is 2.40. The molecule has 1 aliphatic heterocycles. The maximum Gasteiger partial charge on any atom is 0.247 e. The molecule has 2 aromatic carbocycles. The van der Waals surface area contributed by atoms with Crippen LogP contribution in [0, 0.1) is 0 Å². The highest BCUT2D eigenvalue weighted by atomic mass is 16.3. The first kappa shape index (κ1) is 29.4. The Bertz CT molecular complexity index is 1100. The summed E-state index contributed by atoms with van der Waals surface area (Å²) in [5, 5.41) is 23.4. The van der Waals surface area contributed by atoms with E-state index in [4.69, 9.17) is 0 Å². The second-order valence-electron chi connectivity index (χ2n) is 12.1. The first-order valence-electron chi connectivity index (χ1n) is 13.3. The lowest BCUT2D eigenvalue weighted by Gasteiger charge is -2.36. The fourth-order valence-electron chi connectivity index (χ4n) is 4.66. The van der Waals surface area contributed by atoms with Crippen LogP contribution in [-0.4, -0.2) is 70.7 Å². The first-order valence-corrected chi connectivity index (χ1v) is 13.3. The molecule has 1 aliphatic rings. The number of phenols is 1. The molecule has 1 saturated heterocycles. The van der Waals surface area contributed by atoms with Gasteiger partial charge in [-0.2, -0.15) is 0 Å². The van der Waals surface area contributed by atoms with Crippen molar-refractivity contribution < 1.29 is 19.8 Å². The van der Waals surface area contributed by atoms with Crippen LogP contribution in [0.1, 0.15) is 63.8 Å². The largest absolute Gasteiger partial charge is 0.507 e. The van der Waals surface area contributed by atoms with Crippen molar-refractivity contribution >= 4 is 17.9 Å². The minimum atomic E-state index is -0.997. The molecule has 3 N–H and O–H groups in total. The van der Waals surface area contributed by atoms with Crippen molar-refractivity contribution in [1.29, 1.82) is 0 Å². The molecular formula is C31H43N3O4. The van der Waals surface area contributed by atoms with Crippen molar-refractivity contribution in [1.82, 2.24) is 15.1 Å². The predicted molar refractivity (Wildman–Crippen MR) is 152 cm³/mol. The van der Waals surface area contributed by atoms with E-state index < -0.39 is 18.6 Å². The second-order valence-corrected chi connectivity index (χ2v) is 12.1. The standard InChI is InChI=1S/C31H43N3O4/c1-30(2,3)24-18-23(19-25(28(24)37)31(4,5)6)12-13-27(36)32-26(21-35)29(38)34-16-14-33(15-17-34)20-22-10-8-7-9-11-22/h7-13,18-19,26,35,37H,14-17,20-21H2,1-6H3,(H,32,36)/b13-12+. The molecule has 3 rings (SSSR count). The summed E-state index contributed by atoms with van der Waals surface area (Å²) in [5.41, 5.74) is 3.07. The van der Waals surface area contributed by atoms with E-state index in [1.807, 2.05) is 71.9 Å².